The van der Waals surface area contributed by atoms with Crippen LogP contribution in [0.15, 0.2) is 48.5 Å². The maximum atomic E-state index is 12.4. The van der Waals surface area contributed by atoms with Crippen LogP contribution in [0, 0.1) is 0 Å². The fourth-order valence-corrected chi connectivity index (χ4v) is 2.95. The Morgan fingerprint density at radius 2 is 1.72 bits per heavy atom. The van der Waals surface area contributed by atoms with Crippen molar-refractivity contribution in [3.63, 3.8) is 0 Å². The molecule has 0 unspecified atom stereocenters. The van der Waals surface area contributed by atoms with E-state index in [-0.39, 0.29) is 24.3 Å². The normalized spacial score (nSPS) is 13.1. The maximum absolute atomic E-state index is 12.4. The predicted octanol–water partition coefficient (Wildman–Crippen LogP) is 2.01. The van der Waals surface area contributed by atoms with Crippen LogP contribution in [0.4, 0.5) is 5.69 Å². The van der Waals surface area contributed by atoms with Crippen molar-refractivity contribution < 1.29 is 14.4 Å². The molecular formula is C22H26N4O3. The van der Waals surface area contributed by atoms with Gasteiger partial charge in [0.1, 0.15) is 0 Å². The van der Waals surface area contributed by atoms with Gasteiger partial charge in [-0.3, -0.25) is 19.3 Å². The van der Waals surface area contributed by atoms with Gasteiger partial charge in [0, 0.05) is 36.4 Å². The van der Waals surface area contributed by atoms with Gasteiger partial charge in [0.05, 0.1) is 6.54 Å². The lowest BCUT2D eigenvalue weighted by atomic mass is 10.1. The monoisotopic (exact) mass is 394 g/mol. The van der Waals surface area contributed by atoms with Crippen molar-refractivity contribution in [2.45, 2.75) is 25.4 Å². The van der Waals surface area contributed by atoms with E-state index in [2.05, 4.69) is 16.0 Å². The van der Waals surface area contributed by atoms with E-state index >= 15 is 0 Å². The second kappa shape index (κ2) is 9.34. The van der Waals surface area contributed by atoms with Gasteiger partial charge in [0.2, 0.25) is 5.91 Å². The van der Waals surface area contributed by atoms with Crippen LogP contribution in [-0.2, 0) is 11.3 Å². The Bertz CT molecular complexity index is 891. The molecular weight excluding hydrogens is 368 g/mol. The number of carbonyl (C=O) groups is 3. The summed E-state index contributed by atoms with van der Waals surface area (Å²) in [6.45, 7) is 0.779. The predicted molar refractivity (Wildman–Crippen MR) is 112 cm³/mol. The lowest BCUT2D eigenvalue weighted by molar-refractivity contribution is -0.117. The van der Waals surface area contributed by atoms with Crippen molar-refractivity contribution in [2.75, 3.05) is 26.0 Å². The Hall–Kier alpha value is -3.19. The molecule has 2 aromatic carbocycles. The SMILES string of the molecule is CNC(=O)c1ccc(CN(C)CC(=O)Nc2cccc(C(=O)NC3CC3)c2)cc1. The van der Waals surface area contributed by atoms with Crippen LogP contribution in [0.1, 0.15) is 39.1 Å². The number of likely N-dealkylation sites (N-methyl/N-ethyl adjacent to an activating group) is 1. The van der Waals surface area contributed by atoms with Crippen LogP contribution in [0.5, 0.6) is 0 Å². The van der Waals surface area contributed by atoms with Crippen LogP contribution >= 0.6 is 0 Å². The molecule has 0 spiro atoms. The quantitative estimate of drug-likeness (QED) is 0.639. The zero-order chi connectivity index (χ0) is 20.8. The standard InChI is InChI=1S/C22H26N4O3/c1-23-21(28)16-8-6-15(7-9-16)13-26(2)14-20(27)24-19-5-3-4-17(12-19)22(29)25-18-10-11-18/h3-9,12,18H,10-11,13-14H2,1-2H3,(H,23,28)(H,24,27)(H,25,29). The summed E-state index contributed by atoms with van der Waals surface area (Å²) in [4.78, 5) is 38.0. The summed E-state index contributed by atoms with van der Waals surface area (Å²) in [6, 6.07) is 14.5. The molecule has 3 N–H and O–H groups in total. The zero-order valence-corrected chi connectivity index (χ0v) is 16.7. The van der Waals surface area contributed by atoms with E-state index in [1.165, 1.54) is 0 Å². The summed E-state index contributed by atoms with van der Waals surface area (Å²) in [5, 5.41) is 8.37. The van der Waals surface area contributed by atoms with E-state index < -0.39 is 0 Å². The van der Waals surface area contributed by atoms with Gasteiger partial charge in [0.15, 0.2) is 0 Å². The molecule has 0 atom stereocenters. The molecule has 0 bridgehead atoms. The molecule has 1 saturated carbocycles. The number of carbonyl (C=O) groups excluding carboxylic acids is 3. The molecule has 3 amide bonds. The second-order valence-electron chi connectivity index (χ2n) is 7.33. The number of rotatable bonds is 8. The maximum Gasteiger partial charge on any atom is 0.251 e. The molecule has 7 nitrogen and oxygen atoms in total. The Balaban J connectivity index is 1.50. The molecule has 0 heterocycles. The van der Waals surface area contributed by atoms with Crippen molar-refractivity contribution in [3.8, 4) is 0 Å². The van der Waals surface area contributed by atoms with Gasteiger partial charge in [-0.25, -0.2) is 0 Å². The minimum absolute atomic E-state index is 0.110. The fraction of sp³-hybridized carbons (Fsp3) is 0.318. The summed E-state index contributed by atoms with van der Waals surface area (Å²) in [5.74, 6) is -0.396. The van der Waals surface area contributed by atoms with E-state index in [4.69, 9.17) is 0 Å². The van der Waals surface area contributed by atoms with Crippen molar-refractivity contribution >= 4 is 23.4 Å². The average molecular weight is 394 g/mol. The molecule has 0 saturated heterocycles. The number of anilines is 1. The highest BCUT2D eigenvalue weighted by molar-refractivity contribution is 5.97. The second-order valence-corrected chi connectivity index (χ2v) is 7.33. The molecule has 2 aromatic rings. The van der Waals surface area contributed by atoms with E-state index in [1.807, 2.05) is 24.1 Å². The lowest BCUT2D eigenvalue weighted by Crippen LogP contribution is -2.30. The van der Waals surface area contributed by atoms with Crippen LogP contribution in [0.3, 0.4) is 0 Å². The Labute approximate surface area is 170 Å². The molecule has 0 aromatic heterocycles. The third-order valence-corrected chi connectivity index (χ3v) is 4.63. The number of benzene rings is 2. The Morgan fingerprint density at radius 1 is 1.00 bits per heavy atom. The first kappa shape index (κ1) is 20.5. The highest BCUT2D eigenvalue weighted by Gasteiger charge is 2.23. The first-order chi connectivity index (χ1) is 13.9. The van der Waals surface area contributed by atoms with Crippen LogP contribution < -0.4 is 16.0 Å². The molecule has 0 aliphatic heterocycles. The first-order valence-corrected chi connectivity index (χ1v) is 9.65. The number of amides is 3. The summed E-state index contributed by atoms with van der Waals surface area (Å²) in [7, 11) is 3.45. The number of nitrogens with zero attached hydrogens (tertiary/aromatic N) is 1. The summed E-state index contributed by atoms with van der Waals surface area (Å²) >= 11 is 0. The van der Waals surface area contributed by atoms with Crippen LogP contribution in [0.25, 0.3) is 0 Å². The van der Waals surface area contributed by atoms with Gasteiger partial charge >= 0.3 is 0 Å². The van der Waals surface area contributed by atoms with Gasteiger partial charge in [-0.2, -0.15) is 0 Å². The molecule has 7 heteroatoms. The molecule has 152 valence electrons. The lowest BCUT2D eigenvalue weighted by Gasteiger charge is -2.17. The van der Waals surface area contributed by atoms with Gasteiger partial charge in [-0.05, 0) is 55.8 Å². The topological polar surface area (TPSA) is 90.5 Å². The van der Waals surface area contributed by atoms with Crippen molar-refractivity contribution in [1.82, 2.24) is 15.5 Å². The first-order valence-electron chi connectivity index (χ1n) is 9.65. The van der Waals surface area contributed by atoms with Gasteiger partial charge in [0.25, 0.3) is 11.8 Å². The Morgan fingerprint density at radius 3 is 2.38 bits per heavy atom. The van der Waals surface area contributed by atoms with Gasteiger partial charge in [-0.1, -0.05) is 18.2 Å². The largest absolute Gasteiger partial charge is 0.355 e. The van der Waals surface area contributed by atoms with Gasteiger partial charge in [-0.15, -0.1) is 0 Å². The zero-order valence-electron chi connectivity index (χ0n) is 16.7. The molecule has 1 aliphatic rings. The van der Waals surface area contributed by atoms with Crippen LogP contribution in [-0.4, -0.2) is 49.3 Å². The summed E-state index contributed by atoms with van der Waals surface area (Å²) in [6.07, 6.45) is 2.06. The highest BCUT2D eigenvalue weighted by Crippen LogP contribution is 2.20. The summed E-state index contributed by atoms with van der Waals surface area (Å²) < 4.78 is 0. The minimum atomic E-state index is -0.158. The van der Waals surface area contributed by atoms with Crippen molar-refractivity contribution in [2.24, 2.45) is 0 Å². The van der Waals surface area contributed by atoms with E-state index in [1.54, 1.807) is 43.4 Å². The van der Waals surface area contributed by atoms with Crippen LogP contribution in [0.2, 0.25) is 0 Å². The van der Waals surface area contributed by atoms with E-state index in [9.17, 15) is 14.4 Å². The molecule has 1 aliphatic carbocycles. The molecule has 3 rings (SSSR count). The molecule has 1 fully saturated rings. The third-order valence-electron chi connectivity index (χ3n) is 4.63. The third kappa shape index (κ3) is 6.15. The molecule has 29 heavy (non-hydrogen) atoms. The number of hydrogen-bond acceptors (Lipinski definition) is 4. The fourth-order valence-electron chi connectivity index (χ4n) is 2.95. The van der Waals surface area contributed by atoms with Crippen molar-refractivity contribution in [1.29, 1.82) is 0 Å². The highest BCUT2D eigenvalue weighted by atomic mass is 16.2. The van der Waals surface area contributed by atoms with E-state index in [0.717, 1.165) is 18.4 Å². The summed E-state index contributed by atoms with van der Waals surface area (Å²) in [5.41, 5.74) is 2.75. The number of hydrogen-bond donors (Lipinski definition) is 3. The van der Waals surface area contributed by atoms with Gasteiger partial charge < -0.3 is 16.0 Å². The molecule has 0 radical (unpaired) electrons. The minimum Gasteiger partial charge on any atom is -0.355 e. The smallest absolute Gasteiger partial charge is 0.251 e. The number of nitrogens with one attached hydrogen (secondary N) is 3. The van der Waals surface area contributed by atoms with Crippen molar-refractivity contribution in [3.05, 3.63) is 65.2 Å². The van der Waals surface area contributed by atoms with E-state index in [0.29, 0.717) is 29.4 Å². The Kier molecular flexibility index (Phi) is 6.61. The average Bonchev–Trinajstić information content (AvgIpc) is 3.52.